The molecule has 0 saturated heterocycles. The molecule has 4 nitrogen and oxygen atoms in total. The van der Waals surface area contributed by atoms with E-state index in [4.69, 9.17) is 18.4 Å². The molecule has 27 heavy (non-hydrogen) atoms. The first-order valence-electron chi connectivity index (χ1n) is 9.57. The van der Waals surface area contributed by atoms with Gasteiger partial charge in [-0.05, 0) is 99.5 Å². The van der Waals surface area contributed by atoms with Gasteiger partial charge in [-0.25, -0.2) is 0 Å². The number of hydrogen-bond acceptors (Lipinski definition) is 4. The Morgan fingerprint density at radius 3 is 1.15 bits per heavy atom. The predicted molar refractivity (Wildman–Crippen MR) is 129 cm³/mol. The summed E-state index contributed by atoms with van der Waals surface area (Å²) in [7, 11) is -4.72. The molecular weight excluding hydrogens is 388 g/mol. The monoisotopic (exact) mass is 436 g/mol. The van der Waals surface area contributed by atoms with Gasteiger partial charge >= 0.3 is 8.56 Å². The lowest BCUT2D eigenvalue weighted by molar-refractivity contribution is 0.120. The van der Waals surface area contributed by atoms with E-state index in [1.54, 1.807) is 40.7 Å². The summed E-state index contributed by atoms with van der Waals surface area (Å²) in [5.74, 6) is 0. The first kappa shape index (κ1) is 31.7. The Hall–Kier alpha value is -0.0294. The average Bonchev–Trinajstić information content (AvgIpc) is 2.19. The molecule has 0 atom stereocenters. The molecule has 0 aliphatic rings. The van der Waals surface area contributed by atoms with Crippen LogP contribution in [0, 0.1) is 0 Å². The average molecular weight is 437 g/mol. The van der Waals surface area contributed by atoms with Gasteiger partial charge in [-0.1, -0.05) is 18.7 Å². The van der Waals surface area contributed by atoms with Crippen molar-refractivity contribution in [2.75, 3.05) is 0 Å². The van der Waals surface area contributed by atoms with Crippen LogP contribution in [0.4, 0.5) is 0 Å². The summed E-state index contributed by atoms with van der Waals surface area (Å²) in [4.78, 5) is 0. The molecule has 0 unspecified atom stereocenters. The van der Waals surface area contributed by atoms with Gasteiger partial charge in [0.1, 0.15) is 0 Å². The van der Waals surface area contributed by atoms with Crippen LogP contribution in [0.3, 0.4) is 0 Å². The zero-order valence-corrected chi connectivity index (χ0v) is 23.6. The molecule has 0 aromatic heterocycles. The third-order valence-electron chi connectivity index (χ3n) is 2.72. The van der Waals surface area contributed by atoms with E-state index < -0.39 is 36.4 Å². The second kappa shape index (κ2) is 11.8. The quantitative estimate of drug-likeness (QED) is 0.392. The predicted octanol–water partition coefficient (Wildman–Crippen LogP) is 6.06. The van der Waals surface area contributed by atoms with E-state index in [2.05, 4.69) is 59.0 Å². The van der Waals surface area contributed by atoms with E-state index in [1.165, 1.54) is 0 Å². The number of aliphatic hydroxyl groups is 2. The lowest BCUT2D eigenvalue weighted by Crippen LogP contribution is -2.50. The van der Waals surface area contributed by atoms with Crippen LogP contribution < -0.4 is 0 Å². The van der Waals surface area contributed by atoms with Gasteiger partial charge in [-0.3, -0.25) is 0 Å². The van der Waals surface area contributed by atoms with E-state index in [0.717, 1.165) is 5.57 Å². The molecule has 0 bridgehead atoms. The van der Waals surface area contributed by atoms with Crippen LogP contribution in [0.1, 0.15) is 41.5 Å². The van der Waals surface area contributed by atoms with E-state index in [-0.39, 0.29) is 0 Å². The fraction of sp³-hybridized carbons (Fsp3) is 0.800. The Balaban J connectivity index is -0.000000350. The van der Waals surface area contributed by atoms with Crippen molar-refractivity contribution in [2.24, 2.45) is 0 Å². The van der Waals surface area contributed by atoms with E-state index >= 15 is 0 Å². The maximum Gasteiger partial charge on any atom is 0.311 e. The van der Waals surface area contributed by atoms with Crippen LogP contribution in [0.15, 0.2) is 24.3 Å². The number of rotatable bonds is 6. The Labute approximate surface area is 173 Å². The molecule has 0 radical (unpaired) electrons. The minimum Gasteiger partial charge on any atom is -0.437 e. The highest BCUT2D eigenvalue weighted by atomic mass is 28.5. The van der Waals surface area contributed by atoms with Crippen molar-refractivity contribution < 1.29 is 18.4 Å². The molecule has 0 aliphatic carbocycles. The molecule has 0 aliphatic heterocycles. The molecule has 7 heteroatoms. The molecule has 2 N–H and O–H groups in total. The van der Waals surface area contributed by atoms with E-state index in [0.29, 0.717) is 0 Å². The molecule has 0 aromatic rings. The molecule has 0 amide bonds. The van der Waals surface area contributed by atoms with Crippen LogP contribution in [0.5, 0.6) is 0 Å². The molecule has 164 valence electrons. The highest BCUT2D eigenvalue weighted by Crippen LogP contribution is 2.19. The Kier molecular flexibility index (Phi) is 13.9. The van der Waals surface area contributed by atoms with Crippen molar-refractivity contribution in [3.8, 4) is 0 Å². The molecule has 0 heterocycles. The lowest BCUT2D eigenvalue weighted by Gasteiger charge is -2.35. The molecule has 0 aromatic carbocycles. The van der Waals surface area contributed by atoms with Gasteiger partial charge < -0.3 is 18.4 Å². The normalized spacial score (nSPS) is 13.5. The maximum atomic E-state index is 9.00. The summed E-state index contributed by atoms with van der Waals surface area (Å²) in [6, 6.07) is 0. The number of allylic oxidation sites excluding steroid dienone is 1. The molecule has 0 spiro atoms. The third kappa shape index (κ3) is 30.9. The van der Waals surface area contributed by atoms with E-state index in [1.807, 2.05) is 13.0 Å². The highest BCUT2D eigenvalue weighted by molar-refractivity contribution is 6.87. The minimum atomic E-state index is -1.85. The Bertz CT molecular complexity index is 428. The van der Waals surface area contributed by atoms with Gasteiger partial charge in [0, 0.05) is 0 Å². The summed E-state index contributed by atoms with van der Waals surface area (Å²) >= 11 is 0. The van der Waals surface area contributed by atoms with Crippen LogP contribution >= 0.6 is 0 Å². The third-order valence-corrected chi connectivity index (χ3v) is 11.6. The van der Waals surface area contributed by atoms with Crippen molar-refractivity contribution in [1.82, 2.24) is 0 Å². The first-order chi connectivity index (χ1) is 11.4. The minimum absolute atomic E-state index is 0.630. The van der Waals surface area contributed by atoms with Crippen molar-refractivity contribution in [3.63, 3.8) is 0 Å². The summed E-state index contributed by atoms with van der Waals surface area (Å²) in [6.45, 7) is 31.8. The van der Waals surface area contributed by atoms with Gasteiger partial charge in [0.25, 0.3) is 0 Å². The van der Waals surface area contributed by atoms with Crippen molar-refractivity contribution in [1.29, 1.82) is 0 Å². The van der Waals surface area contributed by atoms with E-state index in [9.17, 15) is 0 Å². The van der Waals surface area contributed by atoms with Crippen LogP contribution in [0.2, 0.25) is 52.4 Å². The Morgan fingerprint density at radius 2 is 1.07 bits per heavy atom. The zero-order valence-electron chi connectivity index (χ0n) is 20.6. The Morgan fingerprint density at radius 1 is 0.815 bits per heavy atom. The first-order valence-corrected chi connectivity index (χ1v) is 19.2. The molecule has 0 fully saturated rings. The van der Waals surface area contributed by atoms with Gasteiger partial charge in [0.15, 0.2) is 16.6 Å². The van der Waals surface area contributed by atoms with Gasteiger partial charge in [0.2, 0.25) is 0 Å². The zero-order chi connectivity index (χ0) is 22.9. The summed E-state index contributed by atoms with van der Waals surface area (Å²) in [6.07, 6.45) is 3.58. The van der Waals surface area contributed by atoms with Gasteiger partial charge in [-0.15, -0.1) is 0 Å². The molecular formula is C20H48O4Si3. The maximum absolute atomic E-state index is 9.00. The molecule has 0 rings (SSSR count). The summed E-state index contributed by atoms with van der Waals surface area (Å²) < 4.78 is 12.2. The van der Waals surface area contributed by atoms with Crippen LogP contribution in [0.25, 0.3) is 0 Å². The van der Waals surface area contributed by atoms with Crippen LogP contribution in [-0.4, -0.2) is 46.6 Å². The standard InChI is InChI=1S/C8H24O2Si3.2C6H12O/c1-11(2,3)9-13(7,8)10-12(4,5)6;1-5(2)6(3,4)7;1-4-5-6(2,3)7/h1-8H3;7H,1H2,2-4H3;4-5,7H,1-3H3. The van der Waals surface area contributed by atoms with Crippen molar-refractivity contribution in [3.05, 3.63) is 24.3 Å². The van der Waals surface area contributed by atoms with Gasteiger partial charge in [0.05, 0.1) is 11.2 Å². The second-order valence-electron chi connectivity index (χ2n) is 10.3. The SMILES string of the molecule is C=C(C)C(C)(C)O.CC=CC(C)(C)O.C[Si](C)(C)O[Si](C)(C)O[Si](C)(C)C. The lowest BCUT2D eigenvalue weighted by atomic mass is 10.0. The van der Waals surface area contributed by atoms with Crippen molar-refractivity contribution >= 4 is 25.2 Å². The summed E-state index contributed by atoms with van der Waals surface area (Å²) in [5, 5.41) is 17.9. The molecule has 0 saturated carbocycles. The van der Waals surface area contributed by atoms with Crippen LogP contribution in [-0.2, 0) is 8.23 Å². The van der Waals surface area contributed by atoms with Crippen molar-refractivity contribution in [2.45, 2.75) is 105 Å². The largest absolute Gasteiger partial charge is 0.437 e. The fourth-order valence-corrected chi connectivity index (χ4v) is 14.2. The summed E-state index contributed by atoms with van der Waals surface area (Å²) in [5.41, 5.74) is -0.526. The van der Waals surface area contributed by atoms with Gasteiger partial charge in [-0.2, -0.15) is 0 Å². The second-order valence-corrected chi connectivity index (χ2v) is 23.2. The number of hydrogen-bond donors (Lipinski definition) is 2. The smallest absolute Gasteiger partial charge is 0.311 e. The fourth-order valence-electron chi connectivity index (χ4n) is 1.90. The highest BCUT2D eigenvalue weighted by Gasteiger charge is 2.35. The topological polar surface area (TPSA) is 58.9 Å².